The number of nitrogens with zero attached hydrogens (tertiary/aromatic N) is 1. The average molecular weight is 334 g/mol. The van der Waals surface area contributed by atoms with Gasteiger partial charge in [0.05, 0.1) is 9.82 Å². The van der Waals surface area contributed by atoms with E-state index in [9.17, 15) is 22.9 Å². The van der Waals surface area contributed by atoms with Gasteiger partial charge in [0.1, 0.15) is 0 Å². The van der Waals surface area contributed by atoms with Gasteiger partial charge in [0.15, 0.2) is 0 Å². The predicted molar refractivity (Wildman–Crippen MR) is 78.5 cm³/mol. The van der Waals surface area contributed by atoms with Crippen LogP contribution in [0.4, 0.5) is 10.1 Å². The largest absolute Gasteiger partial charge is 0.306 e. The molecule has 0 aliphatic carbocycles. The van der Waals surface area contributed by atoms with Gasteiger partial charge in [-0.25, -0.2) is 13.1 Å². The van der Waals surface area contributed by atoms with Crippen LogP contribution in [0.25, 0.3) is 0 Å². The molecule has 9 heteroatoms. The summed E-state index contributed by atoms with van der Waals surface area (Å²) < 4.78 is 40.4. The number of rotatable bonds is 5. The maximum absolute atomic E-state index is 13.4. The summed E-state index contributed by atoms with van der Waals surface area (Å²) in [5.41, 5.74) is -0.694. The van der Waals surface area contributed by atoms with Crippen LogP contribution in [0.15, 0.2) is 17.0 Å². The first kappa shape index (κ1) is 16.2. The number of benzene rings is 1. The molecule has 0 radical (unpaired) electrons. The molecule has 0 bridgehead atoms. The molecule has 6 nitrogen and oxygen atoms in total. The van der Waals surface area contributed by atoms with Crippen molar-refractivity contribution in [2.75, 3.05) is 12.3 Å². The van der Waals surface area contributed by atoms with Crippen molar-refractivity contribution in [3.8, 4) is 0 Å². The Kier molecular flexibility index (Phi) is 4.84. The summed E-state index contributed by atoms with van der Waals surface area (Å²) in [7, 11) is -3.89. The summed E-state index contributed by atoms with van der Waals surface area (Å²) in [4.78, 5) is 9.54. The third-order valence-electron chi connectivity index (χ3n) is 3.26. The minimum atomic E-state index is -3.89. The lowest BCUT2D eigenvalue weighted by Crippen LogP contribution is -2.30. The quantitative estimate of drug-likeness (QED) is 0.659. The highest BCUT2D eigenvalue weighted by atomic mass is 32.2. The van der Waals surface area contributed by atoms with E-state index in [0.717, 1.165) is 30.7 Å². The van der Waals surface area contributed by atoms with E-state index in [1.165, 1.54) is 6.92 Å². The molecule has 1 aliphatic rings. The predicted octanol–water partition coefficient (Wildman–Crippen LogP) is 2.22. The van der Waals surface area contributed by atoms with Gasteiger partial charge in [-0.15, -0.1) is 0 Å². The molecule has 1 heterocycles. The molecule has 1 saturated heterocycles. The lowest BCUT2D eigenvalue weighted by molar-refractivity contribution is -0.387. The van der Waals surface area contributed by atoms with Crippen molar-refractivity contribution in [2.45, 2.75) is 29.9 Å². The van der Waals surface area contributed by atoms with Gasteiger partial charge in [-0.05, 0) is 37.1 Å². The minimum absolute atomic E-state index is 0.143. The van der Waals surface area contributed by atoms with Gasteiger partial charge in [-0.1, -0.05) is 0 Å². The lowest BCUT2D eigenvalue weighted by Gasteiger charge is -2.12. The molecule has 21 heavy (non-hydrogen) atoms. The van der Waals surface area contributed by atoms with E-state index in [1.807, 2.05) is 0 Å². The van der Waals surface area contributed by atoms with Crippen LogP contribution in [-0.4, -0.2) is 30.9 Å². The highest BCUT2D eigenvalue weighted by molar-refractivity contribution is 8.00. The van der Waals surface area contributed by atoms with Gasteiger partial charge in [-0.3, -0.25) is 10.1 Å². The Morgan fingerprint density at radius 1 is 1.52 bits per heavy atom. The van der Waals surface area contributed by atoms with Crippen molar-refractivity contribution in [1.29, 1.82) is 0 Å². The fourth-order valence-electron chi connectivity index (χ4n) is 2.16. The van der Waals surface area contributed by atoms with Crippen LogP contribution in [0.2, 0.25) is 0 Å². The van der Waals surface area contributed by atoms with Crippen molar-refractivity contribution in [1.82, 2.24) is 4.72 Å². The zero-order chi connectivity index (χ0) is 15.6. The van der Waals surface area contributed by atoms with Crippen LogP contribution in [-0.2, 0) is 10.0 Å². The number of sulfonamides is 1. The summed E-state index contributed by atoms with van der Waals surface area (Å²) >= 11 is 1.70. The number of aryl methyl sites for hydroxylation is 1. The van der Waals surface area contributed by atoms with E-state index in [0.29, 0.717) is 0 Å². The average Bonchev–Trinajstić information content (AvgIpc) is 2.88. The second-order valence-electron chi connectivity index (χ2n) is 4.81. The van der Waals surface area contributed by atoms with Gasteiger partial charge in [-0.2, -0.15) is 16.2 Å². The molecular formula is C12H15FN2O4S2. The molecule has 116 valence electrons. The van der Waals surface area contributed by atoms with Crippen LogP contribution < -0.4 is 4.72 Å². The molecule has 1 aromatic rings. The van der Waals surface area contributed by atoms with Crippen LogP contribution in [0.3, 0.4) is 0 Å². The number of halogens is 1. The number of nitrogens with one attached hydrogen (secondary N) is 1. The van der Waals surface area contributed by atoms with Gasteiger partial charge < -0.3 is 0 Å². The third kappa shape index (κ3) is 3.72. The maximum Gasteiger partial charge on any atom is 0.306 e. The topological polar surface area (TPSA) is 89.3 Å². The molecule has 0 saturated carbocycles. The second kappa shape index (κ2) is 6.29. The number of thioether (sulfide) groups is 1. The van der Waals surface area contributed by atoms with Crippen molar-refractivity contribution in [3.63, 3.8) is 0 Å². The monoisotopic (exact) mass is 334 g/mol. The third-order valence-corrected chi connectivity index (χ3v) is 6.22. The second-order valence-corrected chi connectivity index (χ2v) is 7.96. The SMILES string of the molecule is Cc1cc(F)c([N+](=O)[O-])cc1S(=O)(=O)NCC1CCCS1. The van der Waals surface area contributed by atoms with E-state index in [1.54, 1.807) is 11.8 Å². The first-order valence-corrected chi connectivity index (χ1v) is 8.90. The van der Waals surface area contributed by atoms with E-state index >= 15 is 0 Å². The Labute approximate surface area is 126 Å². The molecule has 1 aliphatic heterocycles. The molecule has 1 atom stereocenters. The smallest absolute Gasteiger partial charge is 0.258 e. The van der Waals surface area contributed by atoms with Crippen LogP contribution in [0, 0.1) is 22.9 Å². The van der Waals surface area contributed by atoms with E-state index < -0.39 is 26.5 Å². The van der Waals surface area contributed by atoms with Gasteiger partial charge in [0.25, 0.3) is 0 Å². The van der Waals surface area contributed by atoms with Crippen molar-refractivity contribution >= 4 is 27.5 Å². The summed E-state index contributed by atoms with van der Waals surface area (Å²) in [6, 6.07) is 1.64. The van der Waals surface area contributed by atoms with Crippen LogP contribution in [0.1, 0.15) is 18.4 Å². The molecule has 0 amide bonds. The summed E-state index contributed by atoms with van der Waals surface area (Å²) in [6.45, 7) is 1.68. The molecule has 1 N–H and O–H groups in total. The fourth-order valence-corrected chi connectivity index (χ4v) is 4.79. The van der Waals surface area contributed by atoms with E-state index in [2.05, 4.69) is 4.72 Å². The molecule has 2 rings (SSSR count). The van der Waals surface area contributed by atoms with Crippen LogP contribution in [0.5, 0.6) is 0 Å². The number of nitro groups is 1. The molecule has 1 aromatic carbocycles. The molecule has 1 fully saturated rings. The van der Waals surface area contributed by atoms with E-state index in [-0.39, 0.29) is 22.3 Å². The van der Waals surface area contributed by atoms with Crippen molar-refractivity contribution in [2.24, 2.45) is 0 Å². The standard InChI is InChI=1S/C12H15FN2O4S2/c1-8-5-10(13)11(15(16)17)6-12(8)21(18,19)14-7-9-3-2-4-20-9/h5-6,9,14H,2-4,7H2,1H3. The molecule has 0 spiro atoms. The van der Waals surface area contributed by atoms with Gasteiger partial charge in [0.2, 0.25) is 15.8 Å². The van der Waals surface area contributed by atoms with Crippen molar-refractivity contribution < 1.29 is 17.7 Å². The van der Waals surface area contributed by atoms with Gasteiger partial charge >= 0.3 is 5.69 Å². The first-order chi connectivity index (χ1) is 9.81. The zero-order valence-electron chi connectivity index (χ0n) is 11.3. The number of hydrogen-bond donors (Lipinski definition) is 1. The summed E-state index contributed by atoms with van der Waals surface area (Å²) in [5.74, 6) is -0.0317. The maximum atomic E-state index is 13.4. The zero-order valence-corrected chi connectivity index (χ0v) is 13.0. The Morgan fingerprint density at radius 3 is 2.81 bits per heavy atom. The van der Waals surface area contributed by atoms with E-state index in [4.69, 9.17) is 0 Å². The highest BCUT2D eigenvalue weighted by Gasteiger charge is 2.25. The molecule has 0 aromatic heterocycles. The normalized spacial score (nSPS) is 18.9. The lowest BCUT2D eigenvalue weighted by atomic mass is 10.2. The Bertz CT molecular complexity index is 657. The number of hydrogen-bond acceptors (Lipinski definition) is 5. The van der Waals surface area contributed by atoms with Crippen molar-refractivity contribution in [3.05, 3.63) is 33.6 Å². The summed E-state index contributed by atoms with van der Waals surface area (Å²) in [5, 5.41) is 10.9. The molecule has 1 unspecified atom stereocenters. The summed E-state index contributed by atoms with van der Waals surface area (Å²) in [6.07, 6.45) is 1.99. The number of nitro benzene ring substituents is 1. The fraction of sp³-hybridized carbons (Fsp3) is 0.500. The minimum Gasteiger partial charge on any atom is -0.258 e. The Hall–Kier alpha value is -1.19. The Morgan fingerprint density at radius 2 is 2.24 bits per heavy atom. The molecular weight excluding hydrogens is 319 g/mol. The highest BCUT2D eigenvalue weighted by Crippen LogP contribution is 2.27. The van der Waals surface area contributed by atoms with Crippen LogP contribution >= 0.6 is 11.8 Å². The first-order valence-electron chi connectivity index (χ1n) is 6.37. The Balaban J connectivity index is 2.26. The van der Waals surface area contributed by atoms with Gasteiger partial charge in [0, 0.05) is 17.9 Å².